The molecule has 1 aromatic heterocycles. The number of hydrogen-bond donors (Lipinski definition) is 2. The minimum absolute atomic E-state index is 0.265. The van der Waals surface area contributed by atoms with Gasteiger partial charge in [-0.15, -0.1) is 0 Å². The number of aromatic amines is 1. The second-order valence-corrected chi connectivity index (χ2v) is 7.40. The number of benzene rings is 1. The highest BCUT2D eigenvalue weighted by Crippen LogP contribution is 2.43. The Labute approximate surface area is 156 Å². The summed E-state index contributed by atoms with van der Waals surface area (Å²) in [7, 11) is -5.16. The van der Waals surface area contributed by atoms with Crippen LogP contribution in [0.1, 0.15) is 35.3 Å². The molecule has 148 valence electrons. The lowest BCUT2D eigenvalue weighted by atomic mass is 9.94. The fourth-order valence-electron chi connectivity index (χ4n) is 2.59. The van der Waals surface area contributed by atoms with Gasteiger partial charge in [0.15, 0.2) is 11.5 Å². The lowest BCUT2D eigenvalue weighted by Crippen LogP contribution is -2.24. The third-order valence-corrected chi connectivity index (χ3v) is 4.37. The minimum Gasteiger partial charge on any atom is -0.359 e. The van der Waals surface area contributed by atoms with Crippen molar-refractivity contribution in [2.45, 2.75) is 26.9 Å². The largest absolute Gasteiger partial charge is 0.446 e. The maximum atomic E-state index is 13.4. The number of fused-ring (bicyclic) bond motifs is 1. The van der Waals surface area contributed by atoms with Crippen LogP contribution < -0.4 is 9.74 Å². The van der Waals surface area contributed by atoms with Crippen LogP contribution in [0.2, 0.25) is 5.02 Å². The number of aromatic nitrogens is 1. The molecule has 12 heteroatoms. The van der Waals surface area contributed by atoms with Crippen LogP contribution in [-0.2, 0) is 16.6 Å². The normalized spacial score (nSPS) is 12.6. The predicted octanol–water partition coefficient (Wildman–Crippen LogP) is 3.53. The van der Waals surface area contributed by atoms with E-state index in [0.29, 0.717) is 6.07 Å². The Kier molecular flexibility index (Phi) is 5.34. The number of H-pyrrole nitrogens is 1. The van der Waals surface area contributed by atoms with Gasteiger partial charge in [-0.2, -0.15) is 21.6 Å². The molecule has 0 amide bonds. The van der Waals surface area contributed by atoms with Gasteiger partial charge in [-0.3, -0.25) is 14.1 Å². The highest BCUT2D eigenvalue weighted by Gasteiger charge is 2.36. The van der Waals surface area contributed by atoms with Gasteiger partial charge in [0.05, 0.1) is 21.7 Å². The Morgan fingerprint density at radius 3 is 2.33 bits per heavy atom. The Hall–Kier alpha value is -2.11. The summed E-state index contributed by atoms with van der Waals surface area (Å²) in [4.78, 5) is 26.5. The number of ketones is 1. The average molecular weight is 428 g/mol. The van der Waals surface area contributed by atoms with E-state index >= 15 is 0 Å². The molecule has 0 spiro atoms. The van der Waals surface area contributed by atoms with E-state index in [0.717, 1.165) is 6.92 Å². The number of hydrogen-bond acceptors (Lipinski definition) is 5. The molecule has 0 fully saturated rings. The van der Waals surface area contributed by atoms with Gasteiger partial charge in [-0.05, 0) is 18.6 Å². The Bertz CT molecular complexity index is 1110. The van der Waals surface area contributed by atoms with Crippen molar-refractivity contribution in [1.29, 1.82) is 0 Å². The molecule has 1 heterocycles. The van der Waals surface area contributed by atoms with Crippen molar-refractivity contribution in [2.24, 2.45) is 5.92 Å². The first-order valence-electron chi connectivity index (χ1n) is 7.32. The van der Waals surface area contributed by atoms with Gasteiger partial charge in [0.25, 0.3) is 5.56 Å². The van der Waals surface area contributed by atoms with Crippen LogP contribution >= 0.6 is 11.6 Å². The number of nitrogens with one attached hydrogen (secondary N) is 1. The summed E-state index contributed by atoms with van der Waals surface area (Å²) in [5.74, 6) is -2.19. The topological polar surface area (TPSA) is 114 Å². The van der Waals surface area contributed by atoms with E-state index in [1.54, 1.807) is 0 Å². The van der Waals surface area contributed by atoms with Gasteiger partial charge in [-0.1, -0.05) is 25.4 Å². The first kappa shape index (κ1) is 21.2. The molecule has 0 unspecified atom stereocenters. The zero-order chi connectivity index (χ0) is 20.9. The Morgan fingerprint density at radius 1 is 1.33 bits per heavy atom. The lowest BCUT2D eigenvalue weighted by Gasteiger charge is -2.18. The Balaban J connectivity index is 3.12. The van der Waals surface area contributed by atoms with Crippen molar-refractivity contribution in [3.63, 3.8) is 0 Å². The summed E-state index contributed by atoms with van der Waals surface area (Å²) in [5.41, 5.74) is -4.00. The number of aryl methyl sites for hydroxylation is 1. The maximum Gasteiger partial charge on any atom is 0.446 e. The molecule has 0 saturated carbocycles. The molecule has 0 bridgehead atoms. The van der Waals surface area contributed by atoms with Crippen molar-refractivity contribution in [2.75, 3.05) is 0 Å². The number of halogens is 4. The van der Waals surface area contributed by atoms with E-state index in [9.17, 15) is 31.2 Å². The fraction of sp³-hybridized carbons (Fsp3) is 0.333. The molecule has 0 atom stereocenters. The summed E-state index contributed by atoms with van der Waals surface area (Å²) in [6.07, 6.45) is -4.96. The second-order valence-electron chi connectivity index (χ2n) is 5.97. The summed E-state index contributed by atoms with van der Waals surface area (Å²) in [5, 5.41) is -1.35. The molecule has 0 aliphatic carbocycles. The van der Waals surface area contributed by atoms with Gasteiger partial charge >= 0.3 is 16.6 Å². The van der Waals surface area contributed by atoms with Crippen LogP contribution in [0.25, 0.3) is 10.9 Å². The van der Waals surface area contributed by atoms with Gasteiger partial charge in [0.1, 0.15) is 0 Å². The van der Waals surface area contributed by atoms with Gasteiger partial charge in [-0.25, -0.2) is 0 Å². The number of rotatable bonds is 4. The number of pyridine rings is 1. The molecule has 2 aromatic rings. The molecule has 0 radical (unpaired) electrons. The second kappa shape index (κ2) is 6.80. The molecular formula is C15H13ClF3NO6S. The molecule has 0 aliphatic heterocycles. The van der Waals surface area contributed by atoms with Crippen LogP contribution in [0.4, 0.5) is 13.2 Å². The third kappa shape index (κ3) is 4.09. The highest BCUT2D eigenvalue weighted by molar-refractivity contribution is 7.81. The van der Waals surface area contributed by atoms with Gasteiger partial charge < -0.3 is 9.17 Å². The average Bonchev–Trinajstić information content (AvgIpc) is 2.47. The molecule has 0 saturated heterocycles. The van der Waals surface area contributed by atoms with Gasteiger partial charge in [0.2, 0.25) is 0 Å². The van der Waals surface area contributed by atoms with E-state index < -0.39 is 66.6 Å². The molecular weight excluding hydrogens is 415 g/mol. The van der Waals surface area contributed by atoms with Crippen molar-refractivity contribution in [1.82, 2.24) is 4.98 Å². The van der Waals surface area contributed by atoms with E-state index in [-0.39, 0.29) is 5.56 Å². The lowest BCUT2D eigenvalue weighted by molar-refractivity contribution is -0.136. The maximum absolute atomic E-state index is 13.4. The molecule has 2 rings (SSSR count). The minimum atomic E-state index is -5.16. The quantitative estimate of drug-likeness (QED) is 0.570. The van der Waals surface area contributed by atoms with E-state index in [1.165, 1.54) is 13.8 Å². The predicted molar refractivity (Wildman–Crippen MR) is 90.7 cm³/mol. The van der Waals surface area contributed by atoms with Crippen LogP contribution in [0.3, 0.4) is 0 Å². The van der Waals surface area contributed by atoms with Crippen LogP contribution in [0.15, 0.2) is 10.9 Å². The smallest absolute Gasteiger partial charge is 0.359 e. The molecule has 27 heavy (non-hydrogen) atoms. The molecule has 1 aromatic carbocycles. The molecule has 0 aliphatic rings. The van der Waals surface area contributed by atoms with Crippen molar-refractivity contribution in [3.8, 4) is 5.75 Å². The van der Waals surface area contributed by atoms with Crippen molar-refractivity contribution in [3.05, 3.63) is 38.1 Å². The van der Waals surface area contributed by atoms with Gasteiger partial charge in [0, 0.05) is 11.3 Å². The summed E-state index contributed by atoms with van der Waals surface area (Å²) in [6.45, 7) is 4.10. The van der Waals surface area contributed by atoms with Crippen LogP contribution in [0, 0.1) is 12.8 Å². The molecule has 2 N–H and O–H groups in total. The monoisotopic (exact) mass is 427 g/mol. The Morgan fingerprint density at radius 2 is 1.89 bits per heavy atom. The first-order chi connectivity index (χ1) is 12.1. The summed E-state index contributed by atoms with van der Waals surface area (Å²) >= 11 is 5.75. The van der Waals surface area contributed by atoms with Crippen LogP contribution in [-0.4, -0.2) is 23.7 Å². The summed E-state index contributed by atoms with van der Waals surface area (Å²) < 4.78 is 75.5. The standard InChI is InChI=1S/C15H13ClF3NO6S/c1-5(2)12(21)10-6(3)9-11(20-14(10)22)7(15(17,18)19)4-8(16)13(9)26-27(23,24)25/h4-5H,1-3H3,(H,20,22)(H,23,24,25). The number of Topliss-reactive ketones (excluding diaryl/α,β-unsaturated/α-hetero) is 1. The zero-order valence-electron chi connectivity index (χ0n) is 14.1. The van der Waals surface area contributed by atoms with E-state index in [4.69, 9.17) is 16.2 Å². The zero-order valence-corrected chi connectivity index (χ0v) is 15.6. The molecule has 7 nitrogen and oxygen atoms in total. The van der Waals surface area contributed by atoms with E-state index in [2.05, 4.69) is 4.18 Å². The summed E-state index contributed by atoms with van der Waals surface area (Å²) in [6, 6.07) is 0.351. The van der Waals surface area contributed by atoms with Crippen LogP contribution in [0.5, 0.6) is 5.75 Å². The first-order valence-corrected chi connectivity index (χ1v) is 9.06. The van der Waals surface area contributed by atoms with Crippen molar-refractivity contribution < 1.29 is 35.1 Å². The van der Waals surface area contributed by atoms with Crippen molar-refractivity contribution >= 4 is 38.7 Å². The number of carbonyl (C=O) groups excluding carboxylic acids is 1. The number of carbonyl (C=O) groups is 1. The SMILES string of the molecule is Cc1c(C(=O)C(C)C)c(=O)[nH]c2c(C(F)(F)F)cc(Cl)c(OS(=O)(=O)O)c12. The number of alkyl halides is 3. The third-order valence-electron chi connectivity index (χ3n) is 3.71. The highest BCUT2D eigenvalue weighted by atomic mass is 35.5. The van der Waals surface area contributed by atoms with E-state index in [1.807, 2.05) is 4.98 Å². The fourth-order valence-corrected chi connectivity index (χ4v) is 3.26.